The van der Waals surface area contributed by atoms with E-state index >= 15 is 0 Å². The lowest BCUT2D eigenvalue weighted by molar-refractivity contribution is -0.138. The lowest BCUT2D eigenvalue weighted by Gasteiger charge is -2.50. The topological polar surface area (TPSA) is 80.9 Å². The van der Waals surface area contributed by atoms with Crippen molar-refractivity contribution in [3.8, 4) is 0 Å². The van der Waals surface area contributed by atoms with Gasteiger partial charge < -0.3 is 20.4 Å². The first-order chi connectivity index (χ1) is 23.8. The van der Waals surface area contributed by atoms with E-state index in [-0.39, 0.29) is 21.7 Å². The molecule has 2 aromatic carbocycles. The highest BCUT2D eigenvalue weighted by Gasteiger charge is 2.57. The summed E-state index contributed by atoms with van der Waals surface area (Å²) in [4.78, 5) is 0. The zero-order valence-corrected chi connectivity index (χ0v) is 37.8. The molecule has 0 fully saturated rings. The van der Waals surface area contributed by atoms with Crippen LogP contribution in [-0.4, -0.2) is 40.2 Å². The van der Waals surface area contributed by atoms with Crippen molar-refractivity contribution in [2.24, 2.45) is 38.9 Å². The van der Waals surface area contributed by atoms with Crippen LogP contribution in [0.2, 0.25) is 0 Å². The Hall–Kier alpha value is -1.72. The van der Waals surface area contributed by atoms with E-state index in [1.807, 2.05) is 0 Å². The molecule has 2 aromatic rings. The van der Waals surface area contributed by atoms with E-state index in [1.165, 1.54) is 0 Å². The molecule has 4 N–H and O–H groups in total. The molecule has 0 aliphatic rings. The maximum absolute atomic E-state index is 14.4. The summed E-state index contributed by atoms with van der Waals surface area (Å²) in [7, 11) is 0. The Morgan fingerprint density at radius 3 is 1.00 bits per heavy atom. The smallest absolute Gasteiger partial charge is 0.128 e. The Balaban J connectivity index is 3.32. The summed E-state index contributed by atoms with van der Waals surface area (Å²) in [5.74, 6) is 0.596. The summed E-state index contributed by atoms with van der Waals surface area (Å²) in [6.07, 6.45) is 5.65. The Kier molecular flexibility index (Phi) is 15.0. The van der Waals surface area contributed by atoms with E-state index in [4.69, 9.17) is 0 Å². The van der Waals surface area contributed by atoms with Crippen LogP contribution >= 0.6 is 0 Å². The molecule has 4 heteroatoms. The molecule has 4 nitrogen and oxygen atoms in total. The van der Waals surface area contributed by atoms with Gasteiger partial charge in [-0.3, -0.25) is 0 Å². The minimum atomic E-state index is -1.94. The lowest BCUT2D eigenvalue weighted by atomic mass is 9.57. The Morgan fingerprint density at radius 2 is 0.774 bits per heavy atom. The fourth-order valence-electron chi connectivity index (χ4n) is 8.22. The first kappa shape index (κ1) is 47.4. The van der Waals surface area contributed by atoms with Gasteiger partial charge in [0, 0.05) is 0 Å². The third-order valence-electron chi connectivity index (χ3n) is 12.2. The molecule has 0 aromatic heterocycles. The molecule has 0 heterocycles. The van der Waals surface area contributed by atoms with E-state index in [2.05, 4.69) is 161 Å². The Labute approximate surface area is 327 Å². The Morgan fingerprint density at radius 1 is 0.472 bits per heavy atom. The molecule has 0 bridgehead atoms. The standard InChI is InChI=1S/C49H84O4/c1-42(2,3)27-25-36(44(7,8)9)29-34-21-19-23-38(46(13,14)15)40(34)49(53,48(31-50,32-51)33-52)41-35(22-20-24-39(41)47(16,17)18)30-37(45(10,11)12)26-28-43(4,5)6/h19-24,36-37,50-53H,25-33H2,1-18H3. The van der Waals surface area contributed by atoms with Crippen LogP contribution in [0.15, 0.2) is 36.4 Å². The van der Waals surface area contributed by atoms with E-state index in [9.17, 15) is 20.4 Å². The van der Waals surface area contributed by atoms with Crippen molar-refractivity contribution in [1.82, 2.24) is 0 Å². The Bertz CT molecular complexity index is 1340. The zero-order chi connectivity index (χ0) is 41.2. The molecule has 2 atom stereocenters. The van der Waals surface area contributed by atoms with Crippen molar-refractivity contribution >= 4 is 0 Å². The predicted octanol–water partition coefficient (Wildman–Crippen LogP) is 11.5. The van der Waals surface area contributed by atoms with Gasteiger partial charge in [0.25, 0.3) is 0 Å². The first-order valence-corrected chi connectivity index (χ1v) is 20.6. The summed E-state index contributed by atoms with van der Waals surface area (Å²) < 4.78 is 0. The minimum Gasteiger partial charge on any atom is -0.395 e. The van der Waals surface area contributed by atoms with Crippen molar-refractivity contribution in [2.45, 2.75) is 180 Å². The number of hydrogen-bond acceptors (Lipinski definition) is 4. The van der Waals surface area contributed by atoms with Gasteiger partial charge in [-0.05, 0) is 116 Å². The van der Waals surface area contributed by atoms with Crippen LogP contribution in [-0.2, 0) is 29.3 Å². The fraction of sp³-hybridized carbons (Fsp3) is 0.755. The van der Waals surface area contributed by atoms with Crippen LogP contribution in [0.5, 0.6) is 0 Å². The van der Waals surface area contributed by atoms with Crippen LogP contribution in [0.3, 0.4) is 0 Å². The van der Waals surface area contributed by atoms with Gasteiger partial charge >= 0.3 is 0 Å². The first-order valence-electron chi connectivity index (χ1n) is 20.6. The van der Waals surface area contributed by atoms with Crippen molar-refractivity contribution < 1.29 is 20.4 Å². The largest absolute Gasteiger partial charge is 0.395 e. The van der Waals surface area contributed by atoms with Gasteiger partial charge in [0.2, 0.25) is 0 Å². The molecular weight excluding hydrogens is 653 g/mol. The quantitative estimate of drug-likeness (QED) is 0.156. The zero-order valence-electron chi connectivity index (χ0n) is 37.8. The van der Waals surface area contributed by atoms with Gasteiger partial charge in [0.15, 0.2) is 0 Å². The number of rotatable bonds is 14. The van der Waals surface area contributed by atoms with E-state index in [1.54, 1.807) is 0 Å². The normalized spacial score (nSPS) is 16.4. The third-order valence-corrected chi connectivity index (χ3v) is 12.2. The highest BCUT2D eigenvalue weighted by atomic mass is 16.3. The monoisotopic (exact) mass is 737 g/mol. The van der Waals surface area contributed by atoms with Gasteiger partial charge in [-0.1, -0.05) is 161 Å². The highest BCUT2D eigenvalue weighted by molar-refractivity contribution is 5.56. The maximum atomic E-state index is 14.4. The summed E-state index contributed by atoms with van der Waals surface area (Å²) in [6, 6.07) is 12.8. The number of benzene rings is 2. The second-order valence-corrected chi connectivity index (χ2v) is 23.4. The van der Waals surface area contributed by atoms with Gasteiger partial charge in [-0.25, -0.2) is 0 Å². The molecule has 0 spiro atoms. The fourth-order valence-corrected chi connectivity index (χ4v) is 8.22. The van der Waals surface area contributed by atoms with Crippen LogP contribution in [0.25, 0.3) is 0 Å². The van der Waals surface area contributed by atoms with Crippen molar-refractivity contribution in [2.75, 3.05) is 19.8 Å². The molecular formula is C49H84O4. The number of aliphatic hydroxyl groups is 4. The molecule has 0 aliphatic heterocycles. The number of hydrogen-bond donors (Lipinski definition) is 4. The number of aliphatic hydroxyl groups excluding tert-OH is 3. The summed E-state index contributed by atoms with van der Waals surface area (Å²) in [5, 5.41) is 48.9. The molecule has 304 valence electrons. The van der Waals surface area contributed by atoms with E-state index in [0.717, 1.165) is 71.9 Å². The third kappa shape index (κ3) is 11.7. The van der Waals surface area contributed by atoms with Crippen molar-refractivity contribution in [3.05, 3.63) is 69.8 Å². The molecule has 0 saturated carbocycles. The molecule has 0 saturated heterocycles. The van der Waals surface area contributed by atoms with Crippen molar-refractivity contribution in [1.29, 1.82) is 0 Å². The maximum Gasteiger partial charge on any atom is 0.128 e. The summed E-state index contributed by atoms with van der Waals surface area (Å²) >= 11 is 0. The molecule has 2 rings (SSSR count). The molecule has 2 unspecified atom stereocenters. The molecule has 53 heavy (non-hydrogen) atoms. The predicted molar refractivity (Wildman–Crippen MR) is 228 cm³/mol. The second kappa shape index (κ2) is 16.8. The van der Waals surface area contributed by atoms with Crippen molar-refractivity contribution in [3.63, 3.8) is 0 Å². The molecule has 0 amide bonds. The summed E-state index contributed by atoms with van der Waals surface area (Å²) in [5.41, 5.74) is 1.34. The van der Waals surface area contributed by atoms with E-state index in [0.29, 0.717) is 11.8 Å². The molecule has 0 aliphatic carbocycles. The van der Waals surface area contributed by atoms with Gasteiger partial charge in [-0.15, -0.1) is 0 Å². The average Bonchev–Trinajstić information content (AvgIpc) is 2.98. The van der Waals surface area contributed by atoms with E-state index < -0.39 is 41.7 Å². The SMILES string of the molecule is CC(C)(C)CCC(Cc1cccc(C(C)(C)C)c1C(O)(c1c(CC(CCC(C)(C)C)C(C)(C)C)cccc1C(C)(C)C)C(CO)(CO)CO)C(C)(C)C. The van der Waals surface area contributed by atoms with Crippen LogP contribution in [0.1, 0.15) is 184 Å². The van der Waals surface area contributed by atoms with Crippen LogP contribution < -0.4 is 0 Å². The lowest BCUT2D eigenvalue weighted by Crippen LogP contribution is -2.56. The summed E-state index contributed by atoms with van der Waals surface area (Å²) in [6.45, 7) is 39.0. The van der Waals surface area contributed by atoms with Crippen LogP contribution in [0, 0.1) is 38.9 Å². The average molecular weight is 737 g/mol. The van der Waals surface area contributed by atoms with Gasteiger partial charge in [0.1, 0.15) is 5.60 Å². The second-order valence-electron chi connectivity index (χ2n) is 23.4. The van der Waals surface area contributed by atoms with Crippen LogP contribution in [0.4, 0.5) is 0 Å². The van der Waals surface area contributed by atoms with Gasteiger partial charge in [0.05, 0.1) is 25.2 Å². The minimum absolute atomic E-state index is 0.0120. The van der Waals surface area contributed by atoms with Gasteiger partial charge in [-0.2, -0.15) is 0 Å². The molecule has 0 radical (unpaired) electrons. The highest BCUT2D eigenvalue weighted by Crippen LogP contribution is 2.54.